The number of nitrogens with one attached hydrogen (secondary N) is 1. The summed E-state index contributed by atoms with van der Waals surface area (Å²) in [6, 6.07) is 7.59. The Morgan fingerprint density at radius 1 is 1.53 bits per heavy atom. The van der Waals surface area contributed by atoms with E-state index in [0.29, 0.717) is 18.5 Å². The maximum absolute atomic E-state index is 11.8. The summed E-state index contributed by atoms with van der Waals surface area (Å²) < 4.78 is 0.901. The summed E-state index contributed by atoms with van der Waals surface area (Å²) in [6.07, 6.45) is 1.99. The minimum absolute atomic E-state index is 0.113. The first-order valence-corrected chi connectivity index (χ1v) is 6.88. The molecule has 0 aliphatic rings. The number of carbonyl (C=O) groups excluding carboxylic acids is 1. The monoisotopic (exact) mass is 322 g/mol. The summed E-state index contributed by atoms with van der Waals surface area (Å²) in [4.78, 5) is 16.1. The largest absolute Gasteiger partial charge is 0.393 e. The standard InChI is InChI=1S/C14H15BrN2O2/c1-9(18)5-6-13(19)17-12-4-2-3-10-7-11(15)8-16-14(10)12/h2-4,7-9,18H,5-6H2,1H3,(H,17,19). The second kappa shape index (κ2) is 6.12. The number of halogens is 1. The number of benzene rings is 1. The predicted octanol–water partition coefficient (Wildman–Crippen LogP) is 3.10. The minimum atomic E-state index is -0.465. The SMILES string of the molecule is CC(O)CCC(=O)Nc1cccc2cc(Br)cnc12. The molecule has 0 bridgehead atoms. The van der Waals surface area contributed by atoms with Crippen LogP contribution in [0.4, 0.5) is 5.69 Å². The predicted molar refractivity (Wildman–Crippen MR) is 79.0 cm³/mol. The molecule has 0 aliphatic carbocycles. The van der Waals surface area contributed by atoms with Crippen molar-refractivity contribution in [2.24, 2.45) is 0 Å². The highest BCUT2D eigenvalue weighted by molar-refractivity contribution is 9.10. The number of rotatable bonds is 4. The van der Waals surface area contributed by atoms with Crippen LogP contribution in [-0.4, -0.2) is 22.1 Å². The molecule has 2 N–H and O–H groups in total. The van der Waals surface area contributed by atoms with Crippen molar-refractivity contribution in [1.82, 2.24) is 4.98 Å². The number of pyridine rings is 1. The molecule has 5 heteroatoms. The number of aliphatic hydroxyl groups excluding tert-OH is 1. The van der Waals surface area contributed by atoms with Crippen molar-refractivity contribution in [3.63, 3.8) is 0 Å². The van der Waals surface area contributed by atoms with Crippen LogP contribution >= 0.6 is 15.9 Å². The van der Waals surface area contributed by atoms with Crippen molar-refractivity contribution in [2.75, 3.05) is 5.32 Å². The first kappa shape index (κ1) is 14.0. The third kappa shape index (κ3) is 3.75. The van der Waals surface area contributed by atoms with Crippen LogP contribution in [0, 0.1) is 0 Å². The van der Waals surface area contributed by atoms with Gasteiger partial charge in [-0.1, -0.05) is 12.1 Å². The van der Waals surface area contributed by atoms with Gasteiger partial charge in [-0.05, 0) is 41.4 Å². The van der Waals surface area contributed by atoms with E-state index < -0.39 is 6.10 Å². The molecule has 0 fully saturated rings. The molecular formula is C14H15BrN2O2. The van der Waals surface area contributed by atoms with Crippen molar-refractivity contribution >= 4 is 38.4 Å². The molecule has 0 radical (unpaired) electrons. The molecule has 1 aromatic heterocycles. The fourth-order valence-corrected chi connectivity index (χ4v) is 2.14. The van der Waals surface area contributed by atoms with E-state index in [0.717, 1.165) is 15.4 Å². The number of fused-ring (bicyclic) bond motifs is 1. The van der Waals surface area contributed by atoms with Crippen molar-refractivity contribution in [3.05, 3.63) is 34.9 Å². The van der Waals surface area contributed by atoms with Crippen molar-refractivity contribution < 1.29 is 9.90 Å². The molecule has 1 unspecified atom stereocenters. The summed E-state index contributed by atoms with van der Waals surface area (Å²) in [7, 11) is 0. The van der Waals surface area contributed by atoms with E-state index >= 15 is 0 Å². The molecule has 1 heterocycles. The van der Waals surface area contributed by atoms with Gasteiger partial charge in [0.05, 0.1) is 17.3 Å². The molecule has 0 saturated heterocycles. The smallest absolute Gasteiger partial charge is 0.224 e. The summed E-state index contributed by atoms with van der Waals surface area (Å²) in [5.41, 5.74) is 1.46. The Hall–Kier alpha value is -1.46. The van der Waals surface area contributed by atoms with Gasteiger partial charge >= 0.3 is 0 Å². The molecule has 2 rings (SSSR count). The number of hydrogen-bond donors (Lipinski definition) is 2. The van der Waals surface area contributed by atoms with Crippen molar-refractivity contribution in [1.29, 1.82) is 0 Å². The van der Waals surface area contributed by atoms with Crippen LogP contribution in [-0.2, 0) is 4.79 Å². The quantitative estimate of drug-likeness (QED) is 0.909. The van der Waals surface area contributed by atoms with Crippen LogP contribution < -0.4 is 5.32 Å². The average Bonchev–Trinajstić information content (AvgIpc) is 2.36. The number of aromatic nitrogens is 1. The molecule has 4 nitrogen and oxygen atoms in total. The molecule has 19 heavy (non-hydrogen) atoms. The fraction of sp³-hybridized carbons (Fsp3) is 0.286. The topological polar surface area (TPSA) is 62.2 Å². The summed E-state index contributed by atoms with van der Waals surface area (Å²) in [5.74, 6) is -0.113. The van der Waals surface area contributed by atoms with Gasteiger partial charge in [0.1, 0.15) is 0 Å². The third-order valence-electron chi connectivity index (χ3n) is 2.74. The lowest BCUT2D eigenvalue weighted by atomic mass is 10.1. The highest BCUT2D eigenvalue weighted by Gasteiger charge is 2.08. The molecule has 100 valence electrons. The van der Waals surface area contributed by atoms with Gasteiger partial charge in [0.2, 0.25) is 5.91 Å². The number of aliphatic hydroxyl groups is 1. The van der Waals surface area contributed by atoms with Gasteiger partial charge in [0.15, 0.2) is 0 Å². The van der Waals surface area contributed by atoms with E-state index in [1.165, 1.54) is 0 Å². The fourth-order valence-electron chi connectivity index (χ4n) is 1.79. The number of amides is 1. The summed E-state index contributed by atoms with van der Waals surface area (Å²) in [6.45, 7) is 1.67. The lowest BCUT2D eigenvalue weighted by Gasteiger charge is -2.09. The normalized spacial score (nSPS) is 12.4. The van der Waals surface area contributed by atoms with Crippen LogP contribution in [0.2, 0.25) is 0 Å². The van der Waals surface area contributed by atoms with Crippen LogP contribution in [0.25, 0.3) is 10.9 Å². The molecule has 0 aliphatic heterocycles. The van der Waals surface area contributed by atoms with Gasteiger partial charge in [-0.15, -0.1) is 0 Å². The summed E-state index contributed by atoms with van der Waals surface area (Å²) in [5, 5.41) is 13.0. The van der Waals surface area contributed by atoms with Crippen LogP contribution in [0.5, 0.6) is 0 Å². The highest BCUT2D eigenvalue weighted by Crippen LogP contribution is 2.24. The number of nitrogens with zero attached hydrogens (tertiary/aromatic N) is 1. The van der Waals surface area contributed by atoms with E-state index in [-0.39, 0.29) is 5.91 Å². The van der Waals surface area contributed by atoms with Gasteiger partial charge < -0.3 is 10.4 Å². The Balaban J connectivity index is 2.19. The molecular weight excluding hydrogens is 308 g/mol. The van der Waals surface area contributed by atoms with Crippen LogP contribution in [0.1, 0.15) is 19.8 Å². The maximum Gasteiger partial charge on any atom is 0.224 e. The Labute approximate surface area is 120 Å². The number of anilines is 1. The Morgan fingerprint density at radius 2 is 2.32 bits per heavy atom. The van der Waals surface area contributed by atoms with Gasteiger partial charge in [-0.3, -0.25) is 9.78 Å². The van der Waals surface area contributed by atoms with E-state index in [1.807, 2.05) is 24.3 Å². The first-order valence-electron chi connectivity index (χ1n) is 6.08. The lowest BCUT2D eigenvalue weighted by Crippen LogP contribution is -2.14. The van der Waals surface area contributed by atoms with E-state index in [9.17, 15) is 9.90 Å². The molecule has 2 aromatic rings. The number of para-hydroxylation sites is 1. The molecule has 0 saturated carbocycles. The minimum Gasteiger partial charge on any atom is -0.393 e. The molecule has 1 aromatic carbocycles. The maximum atomic E-state index is 11.8. The molecule has 0 spiro atoms. The second-order valence-corrected chi connectivity index (χ2v) is 5.38. The van der Waals surface area contributed by atoms with Gasteiger partial charge in [-0.2, -0.15) is 0 Å². The van der Waals surface area contributed by atoms with Crippen molar-refractivity contribution in [2.45, 2.75) is 25.9 Å². The zero-order valence-electron chi connectivity index (χ0n) is 10.6. The number of carbonyl (C=O) groups is 1. The van der Waals surface area contributed by atoms with Gasteiger partial charge in [-0.25, -0.2) is 0 Å². The van der Waals surface area contributed by atoms with Crippen LogP contribution in [0.3, 0.4) is 0 Å². The average molecular weight is 323 g/mol. The van der Waals surface area contributed by atoms with Gasteiger partial charge in [0, 0.05) is 22.5 Å². The first-order chi connectivity index (χ1) is 9.06. The zero-order valence-corrected chi connectivity index (χ0v) is 12.1. The number of hydrogen-bond acceptors (Lipinski definition) is 3. The van der Waals surface area contributed by atoms with Gasteiger partial charge in [0.25, 0.3) is 0 Å². The van der Waals surface area contributed by atoms with E-state index in [1.54, 1.807) is 13.1 Å². The van der Waals surface area contributed by atoms with E-state index in [4.69, 9.17) is 0 Å². The Kier molecular flexibility index (Phi) is 4.50. The van der Waals surface area contributed by atoms with Crippen molar-refractivity contribution in [3.8, 4) is 0 Å². The second-order valence-electron chi connectivity index (χ2n) is 4.47. The Bertz CT molecular complexity index is 599. The summed E-state index contributed by atoms with van der Waals surface area (Å²) >= 11 is 3.37. The molecule has 1 amide bonds. The van der Waals surface area contributed by atoms with Crippen LogP contribution in [0.15, 0.2) is 34.9 Å². The highest BCUT2D eigenvalue weighted by atomic mass is 79.9. The third-order valence-corrected chi connectivity index (χ3v) is 3.17. The Morgan fingerprint density at radius 3 is 3.05 bits per heavy atom. The lowest BCUT2D eigenvalue weighted by molar-refractivity contribution is -0.116. The molecule has 1 atom stereocenters. The zero-order chi connectivity index (χ0) is 13.8. The van der Waals surface area contributed by atoms with E-state index in [2.05, 4.69) is 26.2 Å².